The zero-order valence-corrected chi connectivity index (χ0v) is 9.62. The summed E-state index contributed by atoms with van der Waals surface area (Å²) in [6.07, 6.45) is 6.41. The quantitative estimate of drug-likeness (QED) is 0.780. The standard InChI is InChI=1S/C12H20N2O/c1-3-9(2)6-12-11(14-8-15-12)7-13-10-4-5-10/h8-10,13H,3-7H2,1-2H3. The molecular formula is C12H20N2O. The fourth-order valence-electron chi connectivity index (χ4n) is 1.59. The predicted octanol–water partition coefficient (Wildman–Crippen LogP) is 2.52. The van der Waals surface area contributed by atoms with Gasteiger partial charge in [-0.1, -0.05) is 20.3 Å². The maximum atomic E-state index is 5.44. The largest absolute Gasteiger partial charge is 0.448 e. The summed E-state index contributed by atoms with van der Waals surface area (Å²) in [5, 5.41) is 3.47. The van der Waals surface area contributed by atoms with Gasteiger partial charge in [0.05, 0.1) is 5.69 Å². The first-order chi connectivity index (χ1) is 7.29. The van der Waals surface area contributed by atoms with E-state index in [2.05, 4.69) is 24.1 Å². The summed E-state index contributed by atoms with van der Waals surface area (Å²) in [7, 11) is 0. The molecule has 0 aromatic carbocycles. The minimum Gasteiger partial charge on any atom is -0.448 e. The summed E-state index contributed by atoms with van der Waals surface area (Å²) in [6.45, 7) is 5.33. The molecule has 1 heterocycles. The van der Waals surface area contributed by atoms with Crippen molar-refractivity contribution in [2.24, 2.45) is 5.92 Å². The molecule has 1 aromatic heterocycles. The number of nitrogens with one attached hydrogen (secondary N) is 1. The van der Waals surface area contributed by atoms with Crippen molar-refractivity contribution in [1.82, 2.24) is 10.3 Å². The number of hydrogen-bond donors (Lipinski definition) is 1. The first kappa shape index (κ1) is 10.7. The van der Waals surface area contributed by atoms with Crippen LogP contribution in [0.3, 0.4) is 0 Å². The van der Waals surface area contributed by atoms with Crippen LogP contribution in [0.1, 0.15) is 44.6 Å². The van der Waals surface area contributed by atoms with Gasteiger partial charge in [0, 0.05) is 19.0 Å². The van der Waals surface area contributed by atoms with Gasteiger partial charge < -0.3 is 9.73 Å². The highest BCUT2D eigenvalue weighted by atomic mass is 16.3. The normalized spacial score (nSPS) is 18.0. The van der Waals surface area contributed by atoms with Crippen LogP contribution in [-0.4, -0.2) is 11.0 Å². The molecule has 3 nitrogen and oxygen atoms in total. The predicted molar refractivity (Wildman–Crippen MR) is 59.5 cm³/mol. The van der Waals surface area contributed by atoms with Crippen molar-refractivity contribution >= 4 is 0 Å². The highest BCUT2D eigenvalue weighted by Gasteiger charge is 2.21. The van der Waals surface area contributed by atoms with Crippen LogP contribution in [-0.2, 0) is 13.0 Å². The Hall–Kier alpha value is -0.830. The minimum absolute atomic E-state index is 0.678. The van der Waals surface area contributed by atoms with Gasteiger partial charge in [-0.2, -0.15) is 0 Å². The van der Waals surface area contributed by atoms with Gasteiger partial charge in [0.15, 0.2) is 6.39 Å². The Bertz CT molecular complexity index is 304. The molecule has 15 heavy (non-hydrogen) atoms. The van der Waals surface area contributed by atoms with Crippen LogP contribution in [0, 0.1) is 5.92 Å². The molecule has 0 radical (unpaired) electrons. The van der Waals surface area contributed by atoms with Crippen LogP contribution in [0.25, 0.3) is 0 Å². The lowest BCUT2D eigenvalue weighted by Crippen LogP contribution is -2.16. The molecule has 84 valence electrons. The van der Waals surface area contributed by atoms with Crippen LogP contribution in [0.5, 0.6) is 0 Å². The van der Waals surface area contributed by atoms with Crippen LogP contribution in [0.15, 0.2) is 10.8 Å². The monoisotopic (exact) mass is 208 g/mol. The van der Waals surface area contributed by atoms with Gasteiger partial charge in [0.25, 0.3) is 0 Å². The zero-order valence-electron chi connectivity index (χ0n) is 9.62. The highest BCUT2D eigenvalue weighted by Crippen LogP contribution is 2.20. The number of oxazole rings is 1. The summed E-state index contributed by atoms with van der Waals surface area (Å²) >= 11 is 0. The average molecular weight is 208 g/mol. The SMILES string of the molecule is CCC(C)Cc1ocnc1CNC1CC1. The number of rotatable bonds is 6. The molecule has 0 spiro atoms. The van der Waals surface area contributed by atoms with Crippen molar-refractivity contribution in [2.45, 2.75) is 52.1 Å². The number of aromatic nitrogens is 1. The fraction of sp³-hybridized carbons (Fsp3) is 0.750. The van der Waals surface area contributed by atoms with Crippen molar-refractivity contribution in [3.63, 3.8) is 0 Å². The Kier molecular flexibility index (Phi) is 3.41. The van der Waals surface area contributed by atoms with E-state index in [1.54, 1.807) is 6.39 Å². The third-order valence-corrected chi connectivity index (χ3v) is 3.09. The molecule has 1 aliphatic rings. The van der Waals surface area contributed by atoms with E-state index in [1.807, 2.05) is 0 Å². The molecule has 0 aliphatic heterocycles. The second kappa shape index (κ2) is 4.79. The summed E-state index contributed by atoms with van der Waals surface area (Å²) in [4.78, 5) is 4.27. The van der Waals surface area contributed by atoms with Gasteiger partial charge in [-0.05, 0) is 18.8 Å². The van der Waals surface area contributed by atoms with E-state index in [4.69, 9.17) is 4.42 Å². The Morgan fingerprint density at radius 1 is 1.60 bits per heavy atom. The van der Waals surface area contributed by atoms with E-state index < -0.39 is 0 Å². The fourth-order valence-corrected chi connectivity index (χ4v) is 1.59. The van der Waals surface area contributed by atoms with Gasteiger partial charge >= 0.3 is 0 Å². The van der Waals surface area contributed by atoms with Gasteiger partial charge in [-0.15, -0.1) is 0 Å². The van der Waals surface area contributed by atoms with Crippen LogP contribution >= 0.6 is 0 Å². The highest BCUT2D eigenvalue weighted by molar-refractivity contribution is 5.08. The average Bonchev–Trinajstić information content (AvgIpc) is 2.97. The van der Waals surface area contributed by atoms with Gasteiger partial charge in [-0.3, -0.25) is 0 Å². The maximum Gasteiger partial charge on any atom is 0.181 e. The molecule has 1 atom stereocenters. The second-order valence-electron chi connectivity index (χ2n) is 4.59. The number of hydrogen-bond acceptors (Lipinski definition) is 3. The van der Waals surface area contributed by atoms with Crippen molar-refractivity contribution in [3.05, 3.63) is 17.8 Å². The van der Waals surface area contributed by atoms with E-state index in [0.717, 1.165) is 30.5 Å². The van der Waals surface area contributed by atoms with Crippen LogP contribution in [0.4, 0.5) is 0 Å². The minimum atomic E-state index is 0.678. The lowest BCUT2D eigenvalue weighted by molar-refractivity contribution is 0.443. The Balaban J connectivity index is 1.88. The molecule has 2 rings (SSSR count). The molecule has 1 saturated carbocycles. The van der Waals surface area contributed by atoms with Crippen LogP contribution < -0.4 is 5.32 Å². The zero-order chi connectivity index (χ0) is 10.7. The molecule has 0 amide bonds. The van der Waals surface area contributed by atoms with E-state index in [1.165, 1.54) is 19.3 Å². The van der Waals surface area contributed by atoms with Crippen molar-refractivity contribution in [3.8, 4) is 0 Å². The summed E-state index contributed by atoms with van der Waals surface area (Å²) in [5.74, 6) is 1.75. The smallest absolute Gasteiger partial charge is 0.181 e. The summed E-state index contributed by atoms with van der Waals surface area (Å²) in [6, 6.07) is 0.734. The van der Waals surface area contributed by atoms with E-state index in [-0.39, 0.29) is 0 Å². The molecule has 1 aliphatic carbocycles. The lowest BCUT2D eigenvalue weighted by atomic mass is 10.0. The van der Waals surface area contributed by atoms with Gasteiger partial charge in [0.1, 0.15) is 5.76 Å². The molecule has 3 heteroatoms. The molecule has 1 unspecified atom stereocenters. The topological polar surface area (TPSA) is 38.1 Å². The summed E-state index contributed by atoms with van der Waals surface area (Å²) in [5.41, 5.74) is 1.10. The first-order valence-electron chi connectivity index (χ1n) is 5.94. The van der Waals surface area contributed by atoms with Crippen molar-refractivity contribution in [1.29, 1.82) is 0 Å². The maximum absolute atomic E-state index is 5.44. The molecule has 0 saturated heterocycles. The molecular weight excluding hydrogens is 188 g/mol. The van der Waals surface area contributed by atoms with Crippen molar-refractivity contribution in [2.75, 3.05) is 0 Å². The molecule has 0 bridgehead atoms. The van der Waals surface area contributed by atoms with Crippen molar-refractivity contribution < 1.29 is 4.42 Å². The molecule has 1 aromatic rings. The molecule has 1 fully saturated rings. The molecule has 1 N–H and O–H groups in total. The Morgan fingerprint density at radius 3 is 3.07 bits per heavy atom. The van der Waals surface area contributed by atoms with Gasteiger partial charge in [-0.25, -0.2) is 4.98 Å². The first-order valence-corrected chi connectivity index (χ1v) is 5.94. The number of nitrogens with zero attached hydrogens (tertiary/aromatic N) is 1. The van der Waals surface area contributed by atoms with E-state index >= 15 is 0 Å². The van der Waals surface area contributed by atoms with E-state index in [9.17, 15) is 0 Å². The lowest BCUT2D eigenvalue weighted by Gasteiger charge is -2.07. The summed E-state index contributed by atoms with van der Waals surface area (Å²) < 4.78 is 5.44. The van der Waals surface area contributed by atoms with E-state index in [0.29, 0.717) is 5.92 Å². The third kappa shape index (κ3) is 3.06. The Labute approximate surface area is 91.3 Å². The Morgan fingerprint density at radius 2 is 2.40 bits per heavy atom. The van der Waals surface area contributed by atoms with Gasteiger partial charge in [0.2, 0.25) is 0 Å². The van der Waals surface area contributed by atoms with Crippen LogP contribution in [0.2, 0.25) is 0 Å². The second-order valence-corrected chi connectivity index (χ2v) is 4.59. The third-order valence-electron chi connectivity index (χ3n) is 3.09.